The van der Waals surface area contributed by atoms with Gasteiger partial charge in [0.1, 0.15) is 0 Å². The molecule has 0 radical (unpaired) electrons. The second-order valence-corrected chi connectivity index (χ2v) is 5.21. The first kappa shape index (κ1) is 14.0. The number of rotatable bonds is 1. The van der Waals surface area contributed by atoms with Crippen LogP contribution in [0.25, 0.3) is 6.08 Å². The van der Waals surface area contributed by atoms with Gasteiger partial charge in [-0.15, -0.1) is 0 Å². The third-order valence-electron chi connectivity index (χ3n) is 3.78. The molecular weight excluding hydrogens is 284 g/mol. The van der Waals surface area contributed by atoms with Gasteiger partial charge in [0.15, 0.2) is 28.8 Å². The molecule has 0 atom stereocenters. The zero-order chi connectivity index (χ0) is 15.9. The van der Waals surface area contributed by atoms with Crippen LogP contribution in [0.15, 0.2) is 35.9 Å². The molecule has 0 aromatic heterocycles. The van der Waals surface area contributed by atoms with Gasteiger partial charge in [-0.25, -0.2) is 0 Å². The molecule has 1 aliphatic carbocycles. The van der Waals surface area contributed by atoms with Crippen LogP contribution in [-0.4, -0.2) is 26.2 Å². The van der Waals surface area contributed by atoms with E-state index in [1.165, 1.54) is 24.3 Å². The second kappa shape index (κ2) is 5.11. The number of allylic oxidation sites excluding steroid dienone is 1. The molecule has 0 aliphatic heterocycles. The summed E-state index contributed by atoms with van der Waals surface area (Å²) in [4.78, 5) is 12.5. The minimum Gasteiger partial charge on any atom is -0.504 e. The smallest absolute Gasteiger partial charge is 0.189 e. The predicted octanol–water partition coefficient (Wildman–Crippen LogP) is 2.72. The molecule has 22 heavy (non-hydrogen) atoms. The standard InChI is InChI=1S/C17H14O5/c18-13-3-1-2-10(17(13)22)6-11-5-4-9-7-14(19)15(20)8-12(9)16(11)21/h1-3,6-8,18-20,22H,4-5H2. The number of carbonyl (C=O) groups excluding carboxylic acids is 1. The Kier molecular flexibility index (Phi) is 3.25. The van der Waals surface area contributed by atoms with Crippen molar-refractivity contribution < 1.29 is 25.2 Å². The molecule has 5 nitrogen and oxygen atoms in total. The highest BCUT2D eigenvalue weighted by Gasteiger charge is 2.24. The SMILES string of the molecule is O=C1C(=Cc2cccc(O)c2O)CCc2cc(O)c(O)cc21. The van der Waals surface area contributed by atoms with Gasteiger partial charge in [-0.1, -0.05) is 12.1 Å². The van der Waals surface area contributed by atoms with Gasteiger partial charge in [0.25, 0.3) is 0 Å². The lowest BCUT2D eigenvalue weighted by atomic mass is 9.85. The number of aryl methyl sites for hydroxylation is 1. The molecule has 0 saturated carbocycles. The van der Waals surface area contributed by atoms with Gasteiger partial charge < -0.3 is 20.4 Å². The number of hydrogen-bond acceptors (Lipinski definition) is 5. The molecule has 0 bridgehead atoms. The van der Waals surface area contributed by atoms with E-state index in [2.05, 4.69) is 0 Å². The largest absolute Gasteiger partial charge is 0.504 e. The number of carbonyl (C=O) groups is 1. The zero-order valence-corrected chi connectivity index (χ0v) is 11.6. The Bertz CT molecular complexity index is 805. The summed E-state index contributed by atoms with van der Waals surface area (Å²) in [5, 5.41) is 38.4. The number of hydrogen-bond donors (Lipinski definition) is 4. The number of benzene rings is 2. The normalized spacial score (nSPS) is 15.8. The molecule has 4 N–H and O–H groups in total. The Morgan fingerprint density at radius 1 is 0.909 bits per heavy atom. The number of phenols is 4. The van der Waals surface area contributed by atoms with Crippen LogP contribution in [0.4, 0.5) is 0 Å². The van der Waals surface area contributed by atoms with Crippen molar-refractivity contribution in [1.82, 2.24) is 0 Å². The lowest BCUT2D eigenvalue weighted by Gasteiger charge is -2.18. The van der Waals surface area contributed by atoms with Gasteiger partial charge in [-0.05, 0) is 42.7 Å². The summed E-state index contributed by atoms with van der Waals surface area (Å²) in [5.74, 6) is -1.37. The Balaban J connectivity index is 2.04. The molecule has 0 heterocycles. The van der Waals surface area contributed by atoms with Crippen molar-refractivity contribution >= 4 is 11.9 Å². The van der Waals surface area contributed by atoms with Crippen LogP contribution in [0.1, 0.15) is 27.9 Å². The second-order valence-electron chi connectivity index (χ2n) is 5.21. The highest BCUT2D eigenvalue weighted by Crippen LogP contribution is 2.36. The molecular formula is C17H14O5. The van der Waals surface area contributed by atoms with Gasteiger partial charge in [0.05, 0.1) is 0 Å². The van der Waals surface area contributed by atoms with E-state index < -0.39 is 0 Å². The fourth-order valence-electron chi connectivity index (χ4n) is 2.58. The topological polar surface area (TPSA) is 98.0 Å². The van der Waals surface area contributed by atoms with Crippen LogP contribution in [0.5, 0.6) is 23.0 Å². The number of para-hydroxylation sites is 1. The summed E-state index contributed by atoms with van der Waals surface area (Å²) in [6.45, 7) is 0. The molecule has 2 aromatic rings. The number of Topliss-reactive ketones (excluding diaryl/α,β-unsaturated/α-hetero) is 1. The first-order chi connectivity index (χ1) is 10.5. The fraction of sp³-hybridized carbons (Fsp3) is 0.118. The Morgan fingerprint density at radius 2 is 1.64 bits per heavy atom. The zero-order valence-electron chi connectivity index (χ0n) is 11.6. The maximum atomic E-state index is 12.5. The van der Waals surface area contributed by atoms with E-state index in [9.17, 15) is 25.2 Å². The van der Waals surface area contributed by atoms with Gasteiger partial charge in [0.2, 0.25) is 0 Å². The molecule has 1 aliphatic rings. The van der Waals surface area contributed by atoms with Crippen LogP contribution >= 0.6 is 0 Å². The third-order valence-corrected chi connectivity index (χ3v) is 3.78. The summed E-state index contributed by atoms with van der Waals surface area (Å²) in [5.41, 5.74) is 1.85. The highest BCUT2D eigenvalue weighted by atomic mass is 16.3. The summed E-state index contributed by atoms with van der Waals surface area (Å²) in [6, 6.07) is 7.18. The molecule has 0 fully saturated rings. The molecule has 5 heteroatoms. The van der Waals surface area contributed by atoms with Crippen LogP contribution in [0, 0.1) is 0 Å². The van der Waals surface area contributed by atoms with Crippen molar-refractivity contribution in [2.45, 2.75) is 12.8 Å². The van der Waals surface area contributed by atoms with Crippen LogP contribution in [0.3, 0.4) is 0 Å². The van der Waals surface area contributed by atoms with Crippen LogP contribution < -0.4 is 0 Å². The molecule has 112 valence electrons. The maximum absolute atomic E-state index is 12.5. The highest BCUT2D eigenvalue weighted by molar-refractivity contribution is 6.13. The molecule has 0 spiro atoms. The third kappa shape index (κ3) is 2.26. The van der Waals surface area contributed by atoms with E-state index in [0.29, 0.717) is 35.1 Å². The van der Waals surface area contributed by atoms with Crippen molar-refractivity contribution in [1.29, 1.82) is 0 Å². The average molecular weight is 298 g/mol. The fourth-order valence-corrected chi connectivity index (χ4v) is 2.58. The van der Waals surface area contributed by atoms with E-state index >= 15 is 0 Å². The minimum atomic E-state index is -0.339. The summed E-state index contributed by atoms with van der Waals surface area (Å²) in [7, 11) is 0. The number of phenolic OH excluding ortho intramolecular Hbond substituents is 4. The average Bonchev–Trinajstić information content (AvgIpc) is 2.49. The Morgan fingerprint density at radius 3 is 2.41 bits per heavy atom. The van der Waals surface area contributed by atoms with Gasteiger partial charge in [-0.2, -0.15) is 0 Å². The van der Waals surface area contributed by atoms with Crippen molar-refractivity contribution in [2.24, 2.45) is 0 Å². The van der Waals surface area contributed by atoms with E-state index in [1.807, 2.05) is 0 Å². The van der Waals surface area contributed by atoms with E-state index in [1.54, 1.807) is 12.1 Å². The van der Waals surface area contributed by atoms with Crippen molar-refractivity contribution in [3.05, 3.63) is 52.6 Å². The molecule has 2 aromatic carbocycles. The van der Waals surface area contributed by atoms with Gasteiger partial charge in [0, 0.05) is 16.7 Å². The monoisotopic (exact) mass is 298 g/mol. The lowest BCUT2D eigenvalue weighted by Crippen LogP contribution is -2.14. The Hall–Kier alpha value is -2.95. The minimum absolute atomic E-state index is 0.246. The molecule has 0 unspecified atom stereocenters. The van der Waals surface area contributed by atoms with Crippen molar-refractivity contribution in [3.63, 3.8) is 0 Å². The molecule has 0 saturated heterocycles. The van der Waals surface area contributed by atoms with Crippen LogP contribution in [0.2, 0.25) is 0 Å². The molecule has 0 amide bonds. The van der Waals surface area contributed by atoms with Crippen molar-refractivity contribution in [2.75, 3.05) is 0 Å². The van der Waals surface area contributed by atoms with E-state index in [4.69, 9.17) is 0 Å². The van der Waals surface area contributed by atoms with Gasteiger partial charge >= 0.3 is 0 Å². The Labute approximate surface area is 126 Å². The van der Waals surface area contributed by atoms with E-state index in [-0.39, 0.29) is 28.8 Å². The lowest BCUT2D eigenvalue weighted by molar-refractivity contribution is 0.102. The number of ketones is 1. The quantitative estimate of drug-likeness (QED) is 0.479. The summed E-state index contributed by atoms with van der Waals surface area (Å²) < 4.78 is 0. The first-order valence-corrected chi connectivity index (χ1v) is 6.78. The number of aromatic hydroxyl groups is 4. The van der Waals surface area contributed by atoms with E-state index in [0.717, 1.165) is 0 Å². The maximum Gasteiger partial charge on any atom is 0.189 e. The van der Waals surface area contributed by atoms with Gasteiger partial charge in [-0.3, -0.25) is 4.79 Å². The summed E-state index contributed by atoms with van der Waals surface area (Å²) in [6.07, 6.45) is 2.52. The van der Waals surface area contributed by atoms with Crippen LogP contribution in [-0.2, 0) is 6.42 Å². The first-order valence-electron chi connectivity index (χ1n) is 6.78. The summed E-state index contributed by atoms with van der Waals surface area (Å²) >= 11 is 0. The number of fused-ring (bicyclic) bond motifs is 1. The van der Waals surface area contributed by atoms with Crippen molar-refractivity contribution in [3.8, 4) is 23.0 Å². The predicted molar refractivity (Wildman–Crippen MR) is 80.2 cm³/mol. The molecule has 3 rings (SSSR count).